The third-order valence-corrected chi connectivity index (χ3v) is 9.31. The molecule has 0 aliphatic heterocycles. The highest BCUT2D eigenvalue weighted by Gasteiger charge is 2.35. The fourth-order valence-electron chi connectivity index (χ4n) is 4.07. The average Bonchev–Trinajstić information content (AvgIpc) is 2.90. The number of hydrogen-bond donors (Lipinski definition) is 1. The summed E-state index contributed by atoms with van der Waals surface area (Å²) in [6.07, 6.45) is 0.246. The smallest absolute Gasteiger partial charge is 0.264 e. The van der Waals surface area contributed by atoms with Crippen molar-refractivity contribution in [2.24, 2.45) is 0 Å². The number of carbonyl (C=O) groups is 2. The molecule has 0 aromatic heterocycles. The van der Waals surface area contributed by atoms with Crippen molar-refractivity contribution in [3.05, 3.63) is 92.4 Å². The van der Waals surface area contributed by atoms with E-state index in [1.807, 2.05) is 0 Å². The van der Waals surface area contributed by atoms with Crippen LogP contribution >= 0.6 is 46.4 Å². The fourth-order valence-corrected chi connectivity index (χ4v) is 6.48. The minimum Gasteiger partial charge on any atom is -0.352 e. The van der Waals surface area contributed by atoms with E-state index in [9.17, 15) is 18.0 Å². The summed E-state index contributed by atoms with van der Waals surface area (Å²) in [6.45, 7) is 4.55. The zero-order valence-electron chi connectivity index (χ0n) is 22.1. The van der Waals surface area contributed by atoms with E-state index in [2.05, 4.69) is 5.32 Å². The van der Waals surface area contributed by atoms with Crippen LogP contribution in [0.5, 0.6) is 0 Å². The first-order valence-corrected chi connectivity index (χ1v) is 15.4. The van der Waals surface area contributed by atoms with Gasteiger partial charge < -0.3 is 10.2 Å². The van der Waals surface area contributed by atoms with Crippen molar-refractivity contribution < 1.29 is 18.0 Å². The molecular weight excluding hydrogens is 616 g/mol. The molecule has 0 aliphatic rings. The van der Waals surface area contributed by atoms with Gasteiger partial charge in [0.2, 0.25) is 11.8 Å². The zero-order valence-corrected chi connectivity index (χ0v) is 25.9. The molecule has 40 heavy (non-hydrogen) atoms. The van der Waals surface area contributed by atoms with Gasteiger partial charge in [-0.15, -0.1) is 0 Å². The molecule has 0 radical (unpaired) electrons. The molecule has 0 saturated heterocycles. The van der Waals surface area contributed by atoms with Crippen LogP contribution < -0.4 is 9.62 Å². The molecule has 0 unspecified atom stereocenters. The lowest BCUT2D eigenvalue weighted by atomic mass is 10.1. The van der Waals surface area contributed by atoms with Gasteiger partial charge in [-0.2, -0.15) is 0 Å². The maximum absolute atomic E-state index is 14.1. The summed E-state index contributed by atoms with van der Waals surface area (Å²) in [5.74, 6) is -1.07. The van der Waals surface area contributed by atoms with Crippen LogP contribution in [0.1, 0.15) is 32.8 Å². The van der Waals surface area contributed by atoms with Crippen LogP contribution in [-0.2, 0) is 26.2 Å². The lowest BCUT2D eigenvalue weighted by Gasteiger charge is -2.34. The molecule has 2 amide bonds. The monoisotopic (exact) mass is 643 g/mol. The van der Waals surface area contributed by atoms with Crippen molar-refractivity contribution in [1.82, 2.24) is 10.2 Å². The quantitative estimate of drug-likeness (QED) is 0.248. The van der Waals surface area contributed by atoms with Gasteiger partial charge in [0.05, 0.1) is 20.6 Å². The van der Waals surface area contributed by atoms with Gasteiger partial charge in [0, 0.05) is 28.2 Å². The number of benzene rings is 3. The Morgan fingerprint density at radius 3 is 2.00 bits per heavy atom. The van der Waals surface area contributed by atoms with Gasteiger partial charge in [0.25, 0.3) is 10.0 Å². The molecular formula is C28H29Cl4N3O4S. The number of anilines is 1. The Morgan fingerprint density at radius 1 is 0.850 bits per heavy atom. The van der Waals surface area contributed by atoms with E-state index < -0.39 is 34.4 Å². The summed E-state index contributed by atoms with van der Waals surface area (Å²) in [6, 6.07) is 15.9. The third-order valence-electron chi connectivity index (χ3n) is 6.02. The molecule has 0 spiro atoms. The molecule has 214 valence electrons. The number of nitrogens with zero attached hydrogens (tertiary/aromatic N) is 2. The maximum Gasteiger partial charge on any atom is 0.264 e. The molecule has 3 rings (SSSR count). The number of hydrogen-bond acceptors (Lipinski definition) is 4. The van der Waals surface area contributed by atoms with Gasteiger partial charge in [0.15, 0.2) is 0 Å². The second-order valence-electron chi connectivity index (χ2n) is 9.21. The first-order chi connectivity index (χ1) is 18.9. The summed E-state index contributed by atoms with van der Waals surface area (Å²) in [5, 5.41) is 3.51. The molecule has 0 bridgehead atoms. The normalized spacial score (nSPS) is 12.2. The zero-order chi connectivity index (χ0) is 29.6. The van der Waals surface area contributed by atoms with Gasteiger partial charge in [-0.05, 0) is 56.7 Å². The SMILES string of the molecule is CC[C@H](C(=O)NC(C)C)N(Cc1c(Cl)cccc1Cl)C(=O)CN(c1cccc(Cl)c1Cl)S(=O)(=O)c1ccccc1. The fraction of sp³-hybridized carbons (Fsp3) is 0.286. The van der Waals surface area contributed by atoms with Crippen LogP contribution in [0.15, 0.2) is 71.6 Å². The number of rotatable bonds is 11. The van der Waals surface area contributed by atoms with Gasteiger partial charge in [-0.25, -0.2) is 8.42 Å². The Kier molecular flexibility index (Phi) is 11.1. The summed E-state index contributed by atoms with van der Waals surface area (Å²) in [5.41, 5.74) is 0.440. The molecule has 0 aliphatic carbocycles. The number of nitrogens with one attached hydrogen (secondary N) is 1. The lowest BCUT2D eigenvalue weighted by Crippen LogP contribution is -2.53. The van der Waals surface area contributed by atoms with Gasteiger partial charge >= 0.3 is 0 Å². The van der Waals surface area contributed by atoms with E-state index in [4.69, 9.17) is 46.4 Å². The lowest BCUT2D eigenvalue weighted by molar-refractivity contribution is -0.140. The predicted octanol–water partition coefficient (Wildman–Crippen LogP) is 6.83. The largest absolute Gasteiger partial charge is 0.352 e. The van der Waals surface area contributed by atoms with Crippen LogP contribution in [-0.4, -0.2) is 43.8 Å². The number of amides is 2. The minimum atomic E-state index is -4.29. The molecule has 0 fully saturated rings. The molecule has 3 aromatic rings. The van der Waals surface area contributed by atoms with Gasteiger partial charge in [-0.3, -0.25) is 13.9 Å². The average molecular weight is 645 g/mol. The van der Waals surface area contributed by atoms with Crippen molar-refractivity contribution in [2.45, 2.75) is 50.7 Å². The molecule has 0 heterocycles. The summed E-state index contributed by atoms with van der Waals surface area (Å²) in [4.78, 5) is 28.6. The Bertz CT molecular complexity index is 1450. The molecule has 1 N–H and O–H groups in total. The highest BCUT2D eigenvalue weighted by atomic mass is 35.5. The predicted molar refractivity (Wildman–Crippen MR) is 162 cm³/mol. The van der Waals surface area contributed by atoms with Crippen LogP contribution in [0.4, 0.5) is 5.69 Å². The van der Waals surface area contributed by atoms with Crippen LogP contribution in [0.3, 0.4) is 0 Å². The van der Waals surface area contributed by atoms with E-state index >= 15 is 0 Å². The van der Waals surface area contributed by atoms with E-state index in [1.165, 1.54) is 35.2 Å². The number of halogens is 4. The van der Waals surface area contributed by atoms with Crippen LogP contribution in [0.25, 0.3) is 0 Å². The van der Waals surface area contributed by atoms with Gasteiger partial charge in [0.1, 0.15) is 12.6 Å². The first kappa shape index (κ1) is 32.0. The number of carbonyl (C=O) groups excluding carboxylic acids is 2. The minimum absolute atomic E-state index is 0.0155. The van der Waals surface area contributed by atoms with Crippen LogP contribution in [0.2, 0.25) is 20.1 Å². The van der Waals surface area contributed by atoms with E-state index in [1.54, 1.807) is 57.2 Å². The maximum atomic E-state index is 14.1. The standard InChI is InChI=1S/C28H29Cl4N3O4S/c1-4-24(28(37)33-18(2)3)34(16-20-21(29)12-8-13-22(20)30)26(36)17-35(25-15-9-14-23(31)27(25)32)40(38,39)19-10-6-5-7-11-19/h5-15,18,24H,4,16-17H2,1-3H3,(H,33,37)/t24-/m1/s1. The first-order valence-electron chi connectivity index (χ1n) is 12.4. The van der Waals surface area contributed by atoms with Crippen molar-refractivity contribution in [1.29, 1.82) is 0 Å². The Labute approximate surface area is 255 Å². The van der Waals surface area contributed by atoms with Gasteiger partial charge in [-0.1, -0.05) is 83.7 Å². The summed E-state index contributed by atoms with van der Waals surface area (Å²) >= 11 is 25.5. The highest BCUT2D eigenvalue weighted by Crippen LogP contribution is 2.36. The molecule has 1 atom stereocenters. The third kappa shape index (κ3) is 7.42. The van der Waals surface area contributed by atoms with Crippen molar-refractivity contribution in [2.75, 3.05) is 10.8 Å². The van der Waals surface area contributed by atoms with Crippen molar-refractivity contribution in [3.63, 3.8) is 0 Å². The Balaban J connectivity index is 2.14. The second kappa shape index (κ2) is 13.9. The van der Waals surface area contributed by atoms with E-state index in [0.717, 1.165) is 4.31 Å². The molecule has 12 heteroatoms. The Hall–Kier alpha value is -2.49. The second-order valence-corrected chi connectivity index (χ2v) is 12.7. The van der Waals surface area contributed by atoms with E-state index in [-0.39, 0.29) is 39.6 Å². The van der Waals surface area contributed by atoms with Crippen molar-refractivity contribution >= 4 is 73.9 Å². The highest BCUT2D eigenvalue weighted by molar-refractivity contribution is 7.92. The molecule has 0 saturated carbocycles. The Morgan fingerprint density at radius 2 is 1.43 bits per heavy atom. The topological polar surface area (TPSA) is 86.8 Å². The molecule has 7 nitrogen and oxygen atoms in total. The van der Waals surface area contributed by atoms with E-state index in [0.29, 0.717) is 15.6 Å². The molecule has 3 aromatic carbocycles. The number of sulfonamides is 1. The summed E-state index contributed by atoms with van der Waals surface area (Å²) in [7, 11) is -4.29. The van der Waals surface area contributed by atoms with Crippen LogP contribution in [0, 0.1) is 0 Å². The van der Waals surface area contributed by atoms with Crippen molar-refractivity contribution in [3.8, 4) is 0 Å². The summed E-state index contributed by atoms with van der Waals surface area (Å²) < 4.78 is 28.6.